The van der Waals surface area contributed by atoms with Gasteiger partial charge in [0.1, 0.15) is 11.2 Å². The second-order valence-electron chi connectivity index (χ2n) is 14.7. The maximum atomic E-state index is 7.03. The molecule has 4 heteroatoms. The lowest BCUT2D eigenvalue weighted by molar-refractivity contribution is 0.674. The summed E-state index contributed by atoms with van der Waals surface area (Å²) in [6, 6.07) is 73.9. The molecule has 0 amide bonds. The standard InChI is InChI=1S/C55H35N3O/c1-5-18-36(19-6-1)40-32-41(37-20-7-2-8-21-37)34-42(33-40)44-30-17-31-47-49-35-50(45-27-14-15-28-46(45)52(49)59-51(44)47)55-57-53(39-24-11-4-12-25-39)56-54(58-55)48-29-16-13-26-43(48)38-22-9-3-10-23-38/h1-35H. The Morgan fingerprint density at radius 2 is 0.678 bits per heavy atom. The number of hydrogen-bond acceptors (Lipinski definition) is 4. The Labute approximate surface area is 341 Å². The number of furan rings is 1. The van der Waals surface area contributed by atoms with Crippen molar-refractivity contribution in [3.8, 4) is 78.7 Å². The summed E-state index contributed by atoms with van der Waals surface area (Å²) < 4.78 is 7.03. The zero-order valence-electron chi connectivity index (χ0n) is 32.0. The molecule has 0 aliphatic carbocycles. The molecule has 0 bridgehead atoms. The minimum absolute atomic E-state index is 0.600. The first-order valence-corrected chi connectivity index (χ1v) is 19.9. The Morgan fingerprint density at radius 3 is 1.32 bits per heavy atom. The molecule has 9 aromatic carbocycles. The third kappa shape index (κ3) is 6.24. The van der Waals surface area contributed by atoms with Crippen molar-refractivity contribution in [2.24, 2.45) is 0 Å². The van der Waals surface area contributed by atoms with Crippen LogP contribution in [0.2, 0.25) is 0 Å². The van der Waals surface area contributed by atoms with Gasteiger partial charge in [-0.2, -0.15) is 0 Å². The predicted octanol–water partition coefficient (Wildman–Crippen LogP) is 14.6. The van der Waals surface area contributed by atoms with Crippen molar-refractivity contribution in [2.75, 3.05) is 0 Å². The van der Waals surface area contributed by atoms with Gasteiger partial charge in [0.25, 0.3) is 0 Å². The topological polar surface area (TPSA) is 51.8 Å². The summed E-state index contributed by atoms with van der Waals surface area (Å²) in [5.41, 5.74) is 13.4. The summed E-state index contributed by atoms with van der Waals surface area (Å²) in [5, 5.41) is 4.04. The van der Waals surface area contributed by atoms with Crippen LogP contribution in [0.3, 0.4) is 0 Å². The summed E-state index contributed by atoms with van der Waals surface area (Å²) >= 11 is 0. The fourth-order valence-electron chi connectivity index (χ4n) is 8.29. The van der Waals surface area contributed by atoms with Gasteiger partial charge < -0.3 is 4.42 Å². The van der Waals surface area contributed by atoms with Crippen molar-refractivity contribution in [1.29, 1.82) is 0 Å². The molecule has 0 spiro atoms. The van der Waals surface area contributed by atoms with E-state index in [4.69, 9.17) is 19.4 Å². The third-order valence-electron chi connectivity index (χ3n) is 11.1. The SMILES string of the molecule is c1ccc(-c2cc(-c3ccccc3)cc(-c3cccc4c3oc3c5ccccc5c(-c5nc(-c6ccccc6)nc(-c6ccccc6-c6ccccc6)n5)cc43)c2)cc1. The van der Waals surface area contributed by atoms with Crippen LogP contribution >= 0.6 is 0 Å². The summed E-state index contributed by atoms with van der Waals surface area (Å²) in [7, 11) is 0. The van der Waals surface area contributed by atoms with E-state index in [9.17, 15) is 0 Å². The maximum absolute atomic E-state index is 7.03. The van der Waals surface area contributed by atoms with Gasteiger partial charge >= 0.3 is 0 Å². The van der Waals surface area contributed by atoms with E-state index < -0.39 is 0 Å². The molecule has 276 valence electrons. The highest BCUT2D eigenvalue weighted by atomic mass is 16.3. The van der Waals surface area contributed by atoms with Gasteiger partial charge in [-0.25, -0.2) is 15.0 Å². The summed E-state index contributed by atoms with van der Waals surface area (Å²) in [6.07, 6.45) is 0. The second-order valence-corrected chi connectivity index (χ2v) is 14.7. The van der Waals surface area contributed by atoms with Gasteiger partial charge in [0.2, 0.25) is 0 Å². The minimum atomic E-state index is 0.600. The van der Waals surface area contributed by atoms with Gasteiger partial charge in [-0.05, 0) is 68.6 Å². The molecule has 4 nitrogen and oxygen atoms in total. The first-order chi connectivity index (χ1) is 29.2. The second kappa shape index (κ2) is 14.5. The van der Waals surface area contributed by atoms with Crippen molar-refractivity contribution >= 4 is 32.7 Å². The van der Waals surface area contributed by atoms with E-state index in [1.165, 1.54) is 0 Å². The Hall–Kier alpha value is -7.95. The largest absolute Gasteiger partial charge is 0.455 e. The van der Waals surface area contributed by atoms with Crippen LogP contribution in [-0.2, 0) is 0 Å². The molecule has 0 unspecified atom stereocenters. The number of para-hydroxylation sites is 1. The van der Waals surface area contributed by atoms with Crippen molar-refractivity contribution in [3.63, 3.8) is 0 Å². The van der Waals surface area contributed by atoms with E-state index >= 15 is 0 Å². The first-order valence-electron chi connectivity index (χ1n) is 19.9. The number of nitrogens with zero attached hydrogens (tertiary/aromatic N) is 3. The Balaban J connectivity index is 1.14. The highest BCUT2D eigenvalue weighted by Crippen LogP contribution is 2.44. The molecule has 0 N–H and O–H groups in total. The average Bonchev–Trinajstić information content (AvgIpc) is 3.71. The van der Waals surface area contributed by atoms with Gasteiger partial charge in [0, 0.05) is 38.4 Å². The van der Waals surface area contributed by atoms with Crippen LogP contribution in [0.1, 0.15) is 0 Å². The van der Waals surface area contributed by atoms with E-state index in [1.807, 2.05) is 30.3 Å². The molecule has 0 aliphatic heterocycles. The maximum Gasteiger partial charge on any atom is 0.164 e. The summed E-state index contributed by atoms with van der Waals surface area (Å²) in [4.78, 5) is 15.6. The van der Waals surface area contributed by atoms with Crippen LogP contribution in [0, 0.1) is 0 Å². The molecule has 11 rings (SSSR count). The van der Waals surface area contributed by atoms with Crippen LogP contribution in [0.25, 0.3) is 111 Å². The molecule has 0 saturated carbocycles. The number of benzene rings is 9. The van der Waals surface area contributed by atoms with Gasteiger partial charge in [0.05, 0.1) is 0 Å². The van der Waals surface area contributed by atoms with E-state index in [0.717, 1.165) is 93.9 Å². The van der Waals surface area contributed by atoms with Crippen LogP contribution in [0.5, 0.6) is 0 Å². The zero-order chi connectivity index (χ0) is 39.1. The van der Waals surface area contributed by atoms with Gasteiger partial charge in [-0.15, -0.1) is 0 Å². The van der Waals surface area contributed by atoms with Crippen molar-refractivity contribution in [1.82, 2.24) is 15.0 Å². The summed E-state index contributed by atoms with van der Waals surface area (Å²) in [5.74, 6) is 1.83. The van der Waals surface area contributed by atoms with Gasteiger partial charge in [0.15, 0.2) is 17.5 Å². The van der Waals surface area contributed by atoms with E-state index in [2.05, 4.69) is 182 Å². The molecule has 0 saturated heterocycles. The van der Waals surface area contributed by atoms with Gasteiger partial charge in [-0.3, -0.25) is 0 Å². The number of aromatic nitrogens is 3. The molecule has 0 aliphatic rings. The number of rotatable bonds is 7. The quantitative estimate of drug-likeness (QED) is 0.163. The van der Waals surface area contributed by atoms with E-state index in [0.29, 0.717) is 17.5 Å². The molecule has 59 heavy (non-hydrogen) atoms. The fourth-order valence-corrected chi connectivity index (χ4v) is 8.29. The highest BCUT2D eigenvalue weighted by molar-refractivity contribution is 6.20. The zero-order valence-corrected chi connectivity index (χ0v) is 32.0. The number of hydrogen-bond donors (Lipinski definition) is 0. The molecule has 11 aromatic rings. The molecular formula is C55H35N3O. The Bertz CT molecular complexity index is 3250. The normalized spacial score (nSPS) is 11.4. The van der Waals surface area contributed by atoms with Crippen LogP contribution < -0.4 is 0 Å². The Morgan fingerprint density at radius 1 is 0.237 bits per heavy atom. The minimum Gasteiger partial charge on any atom is -0.455 e. The first kappa shape index (κ1) is 34.3. The van der Waals surface area contributed by atoms with Crippen LogP contribution in [-0.4, -0.2) is 15.0 Å². The van der Waals surface area contributed by atoms with Crippen molar-refractivity contribution in [2.45, 2.75) is 0 Å². The lowest BCUT2D eigenvalue weighted by Crippen LogP contribution is -2.01. The molecule has 0 atom stereocenters. The molecular weight excluding hydrogens is 719 g/mol. The molecule has 0 fully saturated rings. The van der Waals surface area contributed by atoms with Crippen LogP contribution in [0.15, 0.2) is 217 Å². The van der Waals surface area contributed by atoms with Gasteiger partial charge in [-0.1, -0.05) is 188 Å². The monoisotopic (exact) mass is 753 g/mol. The van der Waals surface area contributed by atoms with Crippen molar-refractivity contribution < 1.29 is 4.42 Å². The third-order valence-corrected chi connectivity index (χ3v) is 11.1. The Kier molecular flexibility index (Phi) is 8.45. The van der Waals surface area contributed by atoms with Crippen molar-refractivity contribution in [3.05, 3.63) is 212 Å². The lowest BCUT2D eigenvalue weighted by atomic mass is 9.92. The molecule has 2 heterocycles. The fraction of sp³-hybridized carbons (Fsp3) is 0. The molecule has 0 radical (unpaired) electrons. The summed E-state index contributed by atoms with van der Waals surface area (Å²) in [6.45, 7) is 0. The van der Waals surface area contributed by atoms with E-state index in [1.54, 1.807) is 0 Å². The predicted molar refractivity (Wildman–Crippen MR) is 243 cm³/mol. The lowest BCUT2D eigenvalue weighted by Gasteiger charge is -2.13. The molecule has 2 aromatic heterocycles. The highest BCUT2D eigenvalue weighted by Gasteiger charge is 2.21. The van der Waals surface area contributed by atoms with E-state index in [-0.39, 0.29) is 0 Å². The number of fused-ring (bicyclic) bond motifs is 5. The van der Waals surface area contributed by atoms with Crippen LogP contribution in [0.4, 0.5) is 0 Å². The smallest absolute Gasteiger partial charge is 0.164 e. The average molecular weight is 754 g/mol.